The van der Waals surface area contributed by atoms with Gasteiger partial charge in [-0.05, 0) is 55.0 Å². The molecule has 108 valence electrons. The van der Waals surface area contributed by atoms with Gasteiger partial charge in [-0.25, -0.2) is 0 Å². The topological polar surface area (TPSA) is 29.1 Å². The fourth-order valence-electron chi connectivity index (χ4n) is 3.14. The summed E-state index contributed by atoms with van der Waals surface area (Å²) in [6.07, 6.45) is 1.72. The maximum absolute atomic E-state index is 12.6. The molecule has 1 amide bonds. The van der Waals surface area contributed by atoms with Crippen molar-refractivity contribution in [3.05, 3.63) is 64.7 Å². The Hall–Kier alpha value is -2.09. The molecule has 0 aliphatic carbocycles. The maximum Gasteiger partial charge on any atom is 0.235 e. The van der Waals surface area contributed by atoms with E-state index in [1.54, 1.807) is 0 Å². The van der Waals surface area contributed by atoms with Gasteiger partial charge in [0, 0.05) is 5.69 Å². The van der Waals surface area contributed by atoms with E-state index in [0.717, 1.165) is 24.1 Å². The van der Waals surface area contributed by atoms with E-state index in [1.165, 1.54) is 16.7 Å². The van der Waals surface area contributed by atoms with Gasteiger partial charge in [0.2, 0.25) is 5.91 Å². The zero-order valence-corrected chi connectivity index (χ0v) is 12.9. The van der Waals surface area contributed by atoms with Crippen molar-refractivity contribution in [3.63, 3.8) is 0 Å². The molecule has 2 heteroatoms. The summed E-state index contributed by atoms with van der Waals surface area (Å²) in [5, 5.41) is 3.06. The van der Waals surface area contributed by atoms with E-state index in [-0.39, 0.29) is 5.91 Å². The van der Waals surface area contributed by atoms with Gasteiger partial charge in [0.1, 0.15) is 0 Å². The highest BCUT2D eigenvalue weighted by molar-refractivity contribution is 6.06. The van der Waals surface area contributed by atoms with Crippen molar-refractivity contribution in [2.75, 3.05) is 5.32 Å². The van der Waals surface area contributed by atoms with Crippen molar-refractivity contribution in [1.82, 2.24) is 0 Å². The van der Waals surface area contributed by atoms with Crippen molar-refractivity contribution in [1.29, 1.82) is 0 Å². The molecule has 1 N–H and O–H groups in total. The van der Waals surface area contributed by atoms with Crippen molar-refractivity contribution >= 4 is 11.6 Å². The molecule has 21 heavy (non-hydrogen) atoms. The number of rotatable bonds is 3. The molecule has 1 unspecified atom stereocenters. The number of nitrogens with one attached hydrogen (secondary N) is 1. The lowest BCUT2D eigenvalue weighted by atomic mass is 9.77. The molecule has 1 aliphatic rings. The van der Waals surface area contributed by atoms with Crippen molar-refractivity contribution in [2.24, 2.45) is 0 Å². The Bertz CT molecular complexity index is 704. The van der Waals surface area contributed by atoms with Crippen LogP contribution in [0.4, 0.5) is 5.69 Å². The number of benzene rings is 2. The molecule has 2 nitrogen and oxygen atoms in total. The standard InChI is InChI=1S/C19H21NO/c1-4-14-9-10-16-17(11-14)20-18(21)19(16,3)12-15-8-6-5-7-13(15)2/h5-11H,4,12H2,1-3H3,(H,20,21). The van der Waals surface area contributed by atoms with Crippen LogP contribution in [0.15, 0.2) is 42.5 Å². The van der Waals surface area contributed by atoms with Crippen LogP contribution in [0.25, 0.3) is 0 Å². The second-order valence-electron chi connectivity index (χ2n) is 6.12. The predicted octanol–water partition coefficient (Wildman–Crippen LogP) is 4.01. The zero-order chi connectivity index (χ0) is 15.0. The van der Waals surface area contributed by atoms with Crippen molar-refractivity contribution in [2.45, 2.75) is 39.0 Å². The predicted molar refractivity (Wildman–Crippen MR) is 86.7 cm³/mol. The van der Waals surface area contributed by atoms with Gasteiger partial charge in [-0.3, -0.25) is 4.79 Å². The number of amides is 1. The second kappa shape index (κ2) is 5.03. The van der Waals surface area contributed by atoms with Crippen molar-refractivity contribution in [3.8, 4) is 0 Å². The highest BCUT2D eigenvalue weighted by atomic mass is 16.2. The lowest BCUT2D eigenvalue weighted by Gasteiger charge is -2.23. The minimum atomic E-state index is -0.478. The summed E-state index contributed by atoms with van der Waals surface area (Å²) in [5.74, 6) is 0.106. The third kappa shape index (κ3) is 2.25. The Morgan fingerprint density at radius 1 is 1.14 bits per heavy atom. The number of carbonyl (C=O) groups is 1. The first kappa shape index (κ1) is 13.9. The summed E-state index contributed by atoms with van der Waals surface area (Å²) < 4.78 is 0. The first-order valence-electron chi connectivity index (χ1n) is 7.54. The zero-order valence-electron chi connectivity index (χ0n) is 12.9. The Morgan fingerprint density at radius 2 is 1.90 bits per heavy atom. The smallest absolute Gasteiger partial charge is 0.235 e. The van der Waals surface area contributed by atoms with Crippen LogP contribution < -0.4 is 5.32 Å². The normalized spacial score (nSPS) is 20.2. The maximum atomic E-state index is 12.6. The van der Waals surface area contributed by atoms with E-state index in [0.29, 0.717) is 0 Å². The molecule has 1 aliphatic heterocycles. The number of hydrogen-bond donors (Lipinski definition) is 1. The monoisotopic (exact) mass is 279 g/mol. The molecule has 1 atom stereocenters. The number of fused-ring (bicyclic) bond motifs is 1. The van der Waals surface area contributed by atoms with Gasteiger partial charge in [-0.1, -0.05) is 43.3 Å². The van der Waals surface area contributed by atoms with Crippen LogP contribution >= 0.6 is 0 Å². The fraction of sp³-hybridized carbons (Fsp3) is 0.316. The molecule has 1 heterocycles. The molecule has 0 aromatic heterocycles. The third-order valence-corrected chi connectivity index (χ3v) is 4.64. The summed E-state index contributed by atoms with van der Waals surface area (Å²) in [4.78, 5) is 12.6. The van der Waals surface area contributed by atoms with Gasteiger partial charge in [0.15, 0.2) is 0 Å². The molecule has 0 bridgehead atoms. The molecule has 0 radical (unpaired) electrons. The summed E-state index contributed by atoms with van der Waals surface area (Å²) in [7, 11) is 0. The average molecular weight is 279 g/mol. The highest BCUT2D eigenvalue weighted by Crippen LogP contribution is 2.40. The molecule has 0 fully saturated rings. The third-order valence-electron chi connectivity index (χ3n) is 4.64. The van der Waals surface area contributed by atoms with Crippen molar-refractivity contribution < 1.29 is 4.79 Å². The molecule has 0 saturated heterocycles. The van der Waals surface area contributed by atoms with Crippen LogP contribution in [-0.2, 0) is 23.1 Å². The Labute approximate surface area is 126 Å². The minimum Gasteiger partial charge on any atom is -0.325 e. The number of hydrogen-bond acceptors (Lipinski definition) is 1. The van der Waals surface area contributed by atoms with Crippen LogP contribution in [0, 0.1) is 6.92 Å². The van der Waals surface area contributed by atoms with E-state index in [4.69, 9.17) is 0 Å². The van der Waals surface area contributed by atoms with Gasteiger partial charge < -0.3 is 5.32 Å². The number of anilines is 1. The van der Waals surface area contributed by atoms with E-state index in [2.05, 4.69) is 49.5 Å². The first-order chi connectivity index (χ1) is 10.0. The molecule has 2 aromatic carbocycles. The lowest BCUT2D eigenvalue weighted by Crippen LogP contribution is -2.33. The summed E-state index contributed by atoms with van der Waals surface area (Å²) in [6, 6.07) is 14.7. The fourth-order valence-corrected chi connectivity index (χ4v) is 3.14. The Kier molecular flexibility index (Phi) is 3.32. The Balaban J connectivity index is 2.02. The first-order valence-corrected chi connectivity index (χ1v) is 7.54. The summed E-state index contributed by atoms with van der Waals surface area (Å²) >= 11 is 0. The molecule has 2 aromatic rings. The van der Waals surface area contributed by atoms with E-state index in [1.807, 2.05) is 19.1 Å². The van der Waals surface area contributed by atoms with Gasteiger partial charge in [-0.2, -0.15) is 0 Å². The number of carbonyl (C=O) groups excluding carboxylic acids is 1. The van der Waals surface area contributed by atoms with Gasteiger partial charge in [0.05, 0.1) is 5.41 Å². The molecule has 3 rings (SSSR count). The Morgan fingerprint density at radius 3 is 2.62 bits per heavy atom. The largest absolute Gasteiger partial charge is 0.325 e. The average Bonchev–Trinajstić information content (AvgIpc) is 2.72. The van der Waals surface area contributed by atoms with Crippen LogP contribution in [0.1, 0.15) is 36.1 Å². The van der Waals surface area contributed by atoms with Crippen LogP contribution in [0.2, 0.25) is 0 Å². The minimum absolute atomic E-state index is 0.106. The SMILES string of the molecule is CCc1ccc2c(c1)NC(=O)C2(C)Cc1ccccc1C. The highest BCUT2D eigenvalue weighted by Gasteiger charge is 2.42. The van der Waals surface area contributed by atoms with Crippen LogP contribution in [0.3, 0.4) is 0 Å². The quantitative estimate of drug-likeness (QED) is 0.903. The van der Waals surface area contributed by atoms with Gasteiger partial charge in [0.25, 0.3) is 0 Å². The summed E-state index contributed by atoms with van der Waals surface area (Å²) in [6.45, 7) is 6.28. The van der Waals surface area contributed by atoms with Gasteiger partial charge in [-0.15, -0.1) is 0 Å². The molecule has 0 saturated carbocycles. The number of aryl methyl sites for hydroxylation is 2. The second-order valence-corrected chi connectivity index (χ2v) is 6.12. The molecule has 0 spiro atoms. The lowest BCUT2D eigenvalue weighted by molar-refractivity contribution is -0.120. The van der Waals surface area contributed by atoms with Crippen LogP contribution in [0.5, 0.6) is 0 Å². The molecular formula is C19H21NO. The van der Waals surface area contributed by atoms with Gasteiger partial charge >= 0.3 is 0 Å². The van der Waals surface area contributed by atoms with E-state index >= 15 is 0 Å². The van der Waals surface area contributed by atoms with E-state index in [9.17, 15) is 4.79 Å². The van der Waals surface area contributed by atoms with E-state index < -0.39 is 5.41 Å². The van der Waals surface area contributed by atoms with Crippen LogP contribution in [-0.4, -0.2) is 5.91 Å². The molecular weight excluding hydrogens is 258 g/mol. The summed E-state index contributed by atoms with van der Waals surface area (Å²) in [5.41, 5.74) is 5.36.